The van der Waals surface area contributed by atoms with Crippen LogP contribution < -0.4 is 0 Å². The Kier molecular flexibility index (Phi) is 2.87. The summed E-state index contributed by atoms with van der Waals surface area (Å²) in [7, 11) is 0. The SMILES string of the molecule is CC(C)(C)[P@](C)(=S)CO. The highest BCUT2D eigenvalue weighted by Crippen LogP contribution is 2.53. The van der Waals surface area contributed by atoms with Gasteiger partial charge in [-0.1, -0.05) is 32.6 Å². The molecule has 0 rings (SSSR count). The average Bonchev–Trinajstić information content (AvgIpc) is 1.64. The molecular weight excluding hydrogens is 151 g/mol. The van der Waals surface area contributed by atoms with Crippen LogP contribution in [-0.2, 0) is 11.8 Å². The van der Waals surface area contributed by atoms with Gasteiger partial charge in [0.1, 0.15) is 0 Å². The molecule has 0 aromatic heterocycles. The Morgan fingerprint density at radius 1 is 1.44 bits per heavy atom. The number of rotatable bonds is 1. The van der Waals surface area contributed by atoms with Gasteiger partial charge in [0.25, 0.3) is 0 Å². The van der Waals surface area contributed by atoms with Crippen LogP contribution in [0.1, 0.15) is 20.8 Å². The molecule has 1 nitrogen and oxygen atoms in total. The minimum absolute atomic E-state index is 0.122. The summed E-state index contributed by atoms with van der Waals surface area (Å²) in [5.41, 5.74) is 0. The van der Waals surface area contributed by atoms with Gasteiger partial charge in [0.2, 0.25) is 0 Å². The highest BCUT2D eigenvalue weighted by atomic mass is 32.4. The van der Waals surface area contributed by atoms with Crippen molar-refractivity contribution in [2.24, 2.45) is 0 Å². The maximum Gasteiger partial charge on any atom is 0.0719 e. The van der Waals surface area contributed by atoms with Crippen LogP contribution in [0.3, 0.4) is 0 Å². The molecule has 0 aliphatic heterocycles. The van der Waals surface area contributed by atoms with Crippen LogP contribution in [-0.4, -0.2) is 23.3 Å². The van der Waals surface area contributed by atoms with Crippen LogP contribution >= 0.6 is 6.04 Å². The number of hydrogen-bond donors (Lipinski definition) is 1. The maximum atomic E-state index is 8.87. The standard InChI is InChI=1S/C6H15OPS/c1-6(2,3)8(4,9)5-7/h7H,5H2,1-4H3/t8-/m1/s1. The van der Waals surface area contributed by atoms with Crippen molar-refractivity contribution < 1.29 is 5.11 Å². The first-order valence-corrected chi connectivity index (χ1v) is 6.42. The van der Waals surface area contributed by atoms with E-state index in [2.05, 4.69) is 20.8 Å². The fourth-order valence-corrected chi connectivity index (χ4v) is 0.636. The van der Waals surface area contributed by atoms with Gasteiger partial charge in [0.05, 0.1) is 6.35 Å². The summed E-state index contributed by atoms with van der Waals surface area (Å²) in [4.78, 5) is 0. The summed E-state index contributed by atoms with van der Waals surface area (Å²) < 4.78 is 0. The van der Waals surface area contributed by atoms with Crippen molar-refractivity contribution >= 4 is 17.8 Å². The minimum Gasteiger partial charge on any atom is -0.391 e. The van der Waals surface area contributed by atoms with Crippen LogP contribution in [0.25, 0.3) is 0 Å². The van der Waals surface area contributed by atoms with E-state index in [4.69, 9.17) is 16.9 Å². The molecule has 0 aromatic rings. The lowest BCUT2D eigenvalue weighted by Gasteiger charge is -2.29. The van der Waals surface area contributed by atoms with Crippen LogP contribution in [0.5, 0.6) is 0 Å². The van der Waals surface area contributed by atoms with E-state index in [1.54, 1.807) is 0 Å². The van der Waals surface area contributed by atoms with E-state index in [-0.39, 0.29) is 11.5 Å². The van der Waals surface area contributed by atoms with Crippen LogP contribution in [0.15, 0.2) is 0 Å². The van der Waals surface area contributed by atoms with E-state index < -0.39 is 6.04 Å². The van der Waals surface area contributed by atoms with E-state index in [1.807, 2.05) is 6.66 Å². The van der Waals surface area contributed by atoms with E-state index in [0.717, 1.165) is 0 Å². The van der Waals surface area contributed by atoms with Crippen LogP contribution in [0, 0.1) is 0 Å². The molecule has 3 heteroatoms. The second kappa shape index (κ2) is 2.69. The minimum atomic E-state index is -1.47. The zero-order valence-corrected chi connectivity index (χ0v) is 8.22. The van der Waals surface area contributed by atoms with Crippen molar-refractivity contribution in [1.82, 2.24) is 0 Å². The van der Waals surface area contributed by atoms with Crippen molar-refractivity contribution in [2.75, 3.05) is 13.0 Å². The van der Waals surface area contributed by atoms with Crippen molar-refractivity contribution in [3.05, 3.63) is 0 Å². The van der Waals surface area contributed by atoms with Crippen molar-refractivity contribution in [3.8, 4) is 0 Å². The Bertz CT molecular complexity index is 136. The van der Waals surface area contributed by atoms with Gasteiger partial charge in [-0.15, -0.1) is 0 Å². The Balaban J connectivity index is 4.35. The van der Waals surface area contributed by atoms with Crippen LogP contribution in [0.2, 0.25) is 0 Å². The molecule has 0 aliphatic rings. The first-order valence-electron chi connectivity index (χ1n) is 2.99. The fourth-order valence-electron chi connectivity index (χ4n) is 0.212. The fraction of sp³-hybridized carbons (Fsp3) is 1.00. The lowest BCUT2D eigenvalue weighted by Crippen LogP contribution is -2.15. The second-order valence-electron chi connectivity index (χ2n) is 3.41. The number of aliphatic hydroxyl groups is 1. The third-order valence-corrected chi connectivity index (χ3v) is 7.06. The number of aliphatic hydroxyl groups excluding tert-OH is 1. The Labute approximate surface area is 62.5 Å². The number of hydrogen-bond acceptors (Lipinski definition) is 2. The van der Waals surface area contributed by atoms with Gasteiger partial charge in [-0.25, -0.2) is 0 Å². The first-order chi connectivity index (χ1) is 3.81. The molecule has 0 fully saturated rings. The lowest BCUT2D eigenvalue weighted by atomic mass is 10.3. The molecule has 0 bridgehead atoms. The van der Waals surface area contributed by atoms with Gasteiger partial charge in [-0.05, 0) is 17.9 Å². The zero-order chi connectivity index (χ0) is 7.71. The van der Waals surface area contributed by atoms with Gasteiger partial charge in [-0.2, -0.15) is 0 Å². The highest BCUT2D eigenvalue weighted by molar-refractivity contribution is 8.14. The van der Waals surface area contributed by atoms with Crippen LogP contribution in [0.4, 0.5) is 0 Å². The summed E-state index contributed by atoms with van der Waals surface area (Å²) in [6.07, 6.45) is 0.186. The molecule has 0 spiro atoms. The smallest absolute Gasteiger partial charge is 0.0719 e. The molecule has 0 radical (unpaired) electrons. The molecule has 0 saturated heterocycles. The summed E-state index contributed by atoms with van der Waals surface area (Å²) >= 11 is 5.24. The van der Waals surface area contributed by atoms with E-state index in [9.17, 15) is 0 Å². The first kappa shape index (κ1) is 9.61. The molecule has 1 atom stereocenters. The van der Waals surface area contributed by atoms with Gasteiger partial charge < -0.3 is 5.11 Å². The lowest BCUT2D eigenvalue weighted by molar-refractivity contribution is 0.367. The van der Waals surface area contributed by atoms with Crippen molar-refractivity contribution in [1.29, 1.82) is 0 Å². The van der Waals surface area contributed by atoms with Crippen molar-refractivity contribution in [2.45, 2.75) is 25.9 Å². The van der Waals surface area contributed by atoms with Gasteiger partial charge >= 0.3 is 0 Å². The second-order valence-corrected chi connectivity index (χ2v) is 9.66. The largest absolute Gasteiger partial charge is 0.391 e. The summed E-state index contributed by atoms with van der Waals surface area (Å²) in [5.74, 6) is 0. The molecule has 9 heavy (non-hydrogen) atoms. The van der Waals surface area contributed by atoms with E-state index in [1.165, 1.54) is 0 Å². The predicted molar refractivity (Wildman–Crippen MR) is 47.0 cm³/mol. The normalized spacial score (nSPS) is 19.2. The monoisotopic (exact) mass is 166 g/mol. The Hall–Kier alpha value is 0.610. The van der Waals surface area contributed by atoms with E-state index in [0.29, 0.717) is 0 Å². The predicted octanol–water partition coefficient (Wildman–Crippen LogP) is 1.84. The Morgan fingerprint density at radius 3 is 1.78 bits per heavy atom. The molecule has 1 N–H and O–H groups in total. The van der Waals surface area contributed by atoms with E-state index >= 15 is 0 Å². The molecule has 0 heterocycles. The van der Waals surface area contributed by atoms with Gasteiger partial charge in [0, 0.05) is 0 Å². The molecule has 56 valence electrons. The molecule has 0 aromatic carbocycles. The maximum absolute atomic E-state index is 8.87. The van der Waals surface area contributed by atoms with Gasteiger partial charge in [0.15, 0.2) is 0 Å². The molecule has 0 saturated carbocycles. The summed E-state index contributed by atoms with van der Waals surface area (Å²) in [5, 5.41) is 9.00. The zero-order valence-electron chi connectivity index (χ0n) is 6.51. The van der Waals surface area contributed by atoms with Gasteiger partial charge in [-0.3, -0.25) is 0 Å². The highest BCUT2D eigenvalue weighted by Gasteiger charge is 2.25. The summed E-state index contributed by atoms with van der Waals surface area (Å²) in [6.45, 7) is 8.26. The third kappa shape index (κ3) is 2.37. The molecule has 0 aliphatic carbocycles. The quantitative estimate of drug-likeness (QED) is 0.600. The summed E-state index contributed by atoms with van der Waals surface area (Å²) in [6, 6.07) is -1.47. The molecule has 0 unspecified atom stereocenters. The Morgan fingerprint density at radius 2 is 1.78 bits per heavy atom. The molecular formula is C6H15OPS. The third-order valence-electron chi connectivity index (χ3n) is 1.69. The molecule has 0 amide bonds. The van der Waals surface area contributed by atoms with Crippen molar-refractivity contribution in [3.63, 3.8) is 0 Å². The average molecular weight is 166 g/mol. The topological polar surface area (TPSA) is 20.2 Å².